The van der Waals surface area contributed by atoms with E-state index in [-0.39, 0.29) is 47.3 Å². The van der Waals surface area contributed by atoms with E-state index < -0.39 is 35.8 Å². The Morgan fingerprint density at radius 3 is 2.36 bits per heavy atom. The maximum atomic E-state index is 14.9. The van der Waals surface area contributed by atoms with Crippen LogP contribution in [0.4, 0.5) is 23.2 Å². The monoisotopic (exact) mass is 568 g/mol. The molecule has 1 aliphatic heterocycles. The van der Waals surface area contributed by atoms with E-state index in [0.29, 0.717) is 24.1 Å². The average Bonchev–Trinajstić information content (AvgIpc) is 3.58. The van der Waals surface area contributed by atoms with E-state index in [1.54, 1.807) is 4.90 Å². The van der Waals surface area contributed by atoms with E-state index in [0.717, 1.165) is 31.4 Å². The maximum Gasteiger partial charge on any atom is 0.573 e. The minimum absolute atomic E-state index is 0.104. The predicted octanol–water partition coefficient (Wildman–Crippen LogP) is 6.10. The highest BCUT2D eigenvalue weighted by molar-refractivity contribution is 6.31. The molecule has 3 atom stereocenters. The van der Waals surface area contributed by atoms with Gasteiger partial charge in [0.05, 0.1) is 23.2 Å². The predicted molar refractivity (Wildman–Crippen MR) is 132 cm³/mol. The molecule has 7 nitrogen and oxygen atoms in total. The zero-order valence-corrected chi connectivity index (χ0v) is 21.3. The number of alkyl halides is 3. The fourth-order valence-corrected chi connectivity index (χ4v) is 6.06. The molecule has 0 spiro atoms. The van der Waals surface area contributed by atoms with Gasteiger partial charge in [-0.25, -0.2) is 4.39 Å². The third kappa shape index (κ3) is 5.54. The number of amides is 2. The van der Waals surface area contributed by atoms with Crippen LogP contribution in [0.2, 0.25) is 5.02 Å². The number of benzene rings is 2. The van der Waals surface area contributed by atoms with Gasteiger partial charge in [-0.2, -0.15) is 0 Å². The zero-order chi connectivity index (χ0) is 28.1. The number of hydrogen-bond donors (Lipinski definition) is 1. The van der Waals surface area contributed by atoms with Gasteiger partial charge >= 0.3 is 12.3 Å². The molecule has 2 fully saturated rings. The summed E-state index contributed by atoms with van der Waals surface area (Å²) in [5.74, 6) is -3.36. The van der Waals surface area contributed by atoms with E-state index >= 15 is 0 Å². The number of hydrogen-bond acceptors (Lipinski definition) is 4. The second-order valence-electron chi connectivity index (χ2n) is 10.1. The molecule has 2 aliphatic carbocycles. The molecule has 1 N–H and O–H groups in total. The molecule has 208 valence electrons. The van der Waals surface area contributed by atoms with Gasteiger partial charge in [0.25, 0.3) is 5.91 Å². The molecular weight excluding hydrogens is 544 g/mol. The summed E-state index contributed by atoms with van der Waals surface area (Å²) >= 11 is 6.15. The second kappa shape index (κ2) is 10.3. The summed E-state index contributed by atoms with van der Waals surface area (Å²) in [7, 11) is 0. The lowest BCUT2D eigenvalue weighted by molar-refractivity contribution is -0.274. The number of carbonyl (C=O) groups excluding carboxylic acids is 2. The molecule has 0 saturated heterocycles. The van der Waals surface area contributed by atoms with Crippen LogP contribution in [-0.4, -0.2) is 46.2 Å². The van der Waals surface area contributed by atoms with Crippen molar-refractivity contribution < 1.29 is 41.8 Å². The normalized spacial score (nSPS) is 22.2. The minimum Gasteiger partial charge on any atom is -0.481 e. The van der Waals surface area contributed by atoms with Crippen molar-refractivity contribution in [3.8, 4) is 5.75 Å². The Morgan fingerprint density at radius 1 is 1.05 bits per heavy atom. The van der Waals surface area contributed by atoms with E-state index in [1.165, 1.54) is 29.2 Å². The van der Waals surface area contributed by atoms with E-state index in [2.05, 4.69) is 4.74 Å². The number of fused-ring (bicyclic) bond motifs is 2. The van der Waals surface area contributed by atoms with E-state index in [1.807, 2.05) is 0 Å². The van der Waals surface area contributed by atoms with Gasteiger partial charge in [0, 0.05) is 35.5 Å². The molecule has 5 rings (SSSR count). The maximum absolute atomic E-state index is 14.9. The SMILES string of the molecule is O=C(O)CCC(=O)N(C1CC1)[C@@H]1c2cc(F)c(Cl)cc2N(C(=O)c2ccc(OC(F)(F)F)cc2)[C@@H]2CCC[C@@H]21. The number of carboxylic acid groups (broad SMARTS) is 1. The summed E-state index contributed by atoms with van der Waals surface area (Å²) in [5, 5.41) is 8.90. The number of carboxylic acids is 1. The van der Waals surface area contributed by atoms with Gasteiger partial charge < -0.3 is 19.6 Å². The Balaban J connectivity index is 1.55. The average molecular weight is 569 g/mol. The third-order valence-electron chi connectivity index (χ3n) is 7.55. The van der Waals surface area contributed by atoms with Gasteiger partial charge in [-0.05, 0) is 62.1 Å². The summed E-state index contributed by atoms with van der Waals surface area (Å²) in [4.78, 5) is 41.5. The molecule has 12 heteroatoms. The third-order valence-corrected chi connectivity index (χ3v) is 7.84. The van der Waals surface area contributed by atoms with Crippen molar-refractivity contribution in [3.05, 3.63) is 58.4 Å². The summed E-state index contributed by atoms with van der Waals surface area (Å²) in [6, 6.07) is 6.09. The zero-order valence-electron chi connectivity index (χ0n) is 20.6. The van der Waals surface area contributed by atoms with Crippen LogP contribution in [0.1, 0.15) is 66.9 Å². The summed E-state index contributed by atoms with van der Waals surface area (Å²) in [6.45, 7) is 0. The molecule has 2 amide bonds. The highest BCUT2D eigenvalue weighted by Crippen LogP contribution is 2.53. The lowest BCUT2D eigenvalue weighted by atomic mass is 9.81. The number of ether oxygens (including phenoxy) is 1. The Kier molecular flexibility index (Phi) is 7.21. The first-order chi connectivity index (χ1) is 18.4. The number of anilines is 1. The number of nitrogens with zero attached hydrogens (tertiary/aromatic N) is 2. The van der Waals surface area contributed by atoms with Crippen LogP contribution < -0.4 is 9.64 Å². The standard InChI is InChI=1S/C27H25ClF4N2O5/c28-19-13-22-18(12-20(19)29)25(33(15-6-7-15)23(35)10-11-24(36)37)17-2-1-3-21(17)34(22)26(38)14-4-8-16(9-5-14)39-27(30,31)32/h4-5,8-9,12-13,15,17,21,25H,1-3,6-7,10-11H2,(H,36,37)/t17-,21+,25-/m0/s1. The van der Waals surface area contributed by atoms with E-state index in [4.69, 9.17) is 16.7 Å². The quantitative estimate of drug-likeness (QED) is 0.408. The largest absolute Gasteiger partial charge is 0.573 e. The summed E-state index contributed by atoms with van der Waals surface area (Å²) in [5.41, 5.74) is 0.837. The van der Waals surface area contributed by atoms with Crippen LogP contribution >= 0.6 is 11.6 Å². The molecular formula is C27H25ClF4N2O5. The molecule has 0 radical (unpaired) electrons. The van der Waals surface area contributed by atoms with Crippen molar-refractivity contribution >= 4 is 35.1 Å². The van der Waals surface area contributed by atoms with Crippen molar-refractivity contribution in [1.82, 2.24) is 4.90 Å². The summed E-state index contributed by atoms with van der Waals surface area (Å²) < 4.78 is 56.5. The Labute approximate surface area is 226 Å². The van der Waals surface area contributed by atoms with Gasteiger partial charge in [-0.15, -0.1) is 13.2 Å². The Morgan fingerprint density at radius 2 is 1.74 bits per heavy atom. The number of aliphatic carboxylic acids is 1. The van der Waals surface area contributed by atoms with Crippen molar-refractivity contribution in [2.45, 2.75) is 69.4 Å². The molecule has 0 aromatic heterocycles. The van der Waals surface area contributed by atoms with E-state index in [9.17, 15) is 31.9 Å². The first kappa shape index (κ1) is 27.2. The molecule has 39 heavy (non-hydrogen) atoms. The molecule has 3 aliphatic rings. The highest BCUT2D eigenvalue weighted by Gasteiger charge is 2.51. The van der Waals surface area contributed by atoms with Crippen LogP contribution in [-0.2, 0) is 9.59 Å². The molecule has 0 unspecified atom stereocenters. The molecule has 2 aromatic rings. The van der Waals surface area contributed by atoms with Crippen molar-refractivity contribution in [1.29, 1.82) is 0 Å². The number of halogens is 5. The van der Waals surface area contributed by atoms with Crippen LogP contribution in [0.25, 0.3) is 0 Å². The molecule has 2 aromatic carbocycles. The number of carbonyl (C=O) groups is 3. The van der Waals surface area contributed by atoms with Crippen LogP contribution in [0, 0.1) is 11.7 Å². The lowest BCUT2D eigenvalue weighted by Gasteiger charge is -2.48. The van der Waals surface area contributed by atoms with Crippen LogP contribution in [0.3, 0.4) is 0 Å². The Bertz CT molecular complexity index is 1300. The molecule has 1 heterocycles. The van der Waals surface area contributed by atoms with Gasteiger partial charge in [0.1, 0.15) is 11.6 Å². The number of rotatable bonds is 7. The first-order valence-electron chi connectivity index (χ1n) is 12.7. The van der Waals surface area contributed by atoms with Crippen LogP contribution in [0.15, 0.2) is 36.4 Å². The van der Waals surface area contributed by atoms with Crippen molar-refractivity contribution in [2.75, 3.05) is 4.90 Å². The first-order valence-corrected chi connectivity index (χ1v) is 13.0. The van der Waals surface area contributed by atoms with Gasteiger partial charge in [0.15, 0.2) is 0 Å². The van der Waals surface area contributed by atoms with Gasteiger partial charge in [-0.1, -0.05) is 18.0 Å². The molecule has 2 saturated carbocycles. The summed E-state index contributed by atoms with van der Waals surface area (Å²) in [6.07, 6.45) is -1.93. The smallest absolute Gasteiger partial charge is 0.481 e. The van der Waals surface area contributed by atoms with Gasteiger partial charge in [-0.3, -0.25) is 14.4 Å². The topological polar surface area (TPSA) is 87.2 Å². The minimum atomic E-state index is -4.88. The fraction of sp³-hybridized carbons (Fsp3) is 0.444. The second-order valence-corrected chi connectivity index (χ2v) is 10.5. The Hall–Kier alpha value is -3.34. The molecule has 0 bridgehead atoms. The van der Waals surface area contributed by atoms with Crippen LogP contribution in [0.5, 0.6) is 5.75 Å². The lowest BCUT2D eigenvalue weighted by Crippen LogP contribution is -2.53. The van der Waals surface area contributed by atoms with Gasteiger partial charge in [0.2, 0.25) is 5.91 Å². The van der Waals surface area contributed by atoms with Crippen molar-refractivity contribution in [3.63, 3.8) is 0 Å². The van der Waals surface area contributed by atoms with Crippen molar-refractivity contribution in [2.24, 2.45) is 5.92 Å². The fourth-order valence-electron chi connectivity index (χ4n) is 5.90. The highest BCUT2D eigenvalue weighted by atomic mass is 35.5.